The third kappa shape index (κ3) is 1.15. The van der Waals surface area contributed by atoms with Gasteiger partial charge in [-0.3, -0.25) is 4.98 Å². The van der Waals surface area contributed by atoms with Crippen LogP contribution in [0.5, 0.6) is 0 Å². The third-order valence-corrected chi connectivity index (χ3v) is 4.67. The lowest BCUT2D eigenvalue weighted by molar-refractivity contribution is 1.43. The Kier molecular flexibility index (Phi) is 1.95. The molecule has 2 heterocycles. The molecule has 0 saturated heterocycles. The fourth-order valence-electron chi connectivity index (χ4n) is 1.57. The van der Waals surface area contributed by atoms with Crippen LogP contribution < -0.4 is 0 Å². The Balaban J connectivity index is 2.63. The maximum Gasteiger partial charge on any atom is 0.0899 e. The molecule has 0 amide bonds. The average molecular weight is 311 g/mol. The number of benzene rings is 1. The SMILES string of the molecule is Ic1ccnc2c1sc1ccccc12. The van der Waals surface area contributed by atoms with Gasteiger partial charge in [0.2, 0.25) is 0 Å². The molecule has 0 N–H and O–H groups in total. The highest BCUT2D eigenvalue weighted by Gasteiger charge is 2.06. The van der Waals surface area contributed by atoms with E-state index in [1.807, 2.05) is 17.5 Å². The molecule has 2 aromatic heterocycles. The van der Waals surface area contributed by atoms with Gasteiger partial charge in [0.1, 0.15) is 0 Å². The molecule has 0 bridgehead atoms. The van der Waals surface area contributed by atoms with Gasteiger partial charge >= 0.3 is 0 Å². The molecule has 0 radical (unpaired) electrons. The van der Waals surface area contributed by atoms with Gasteiger partial charge in [-0.25, -0.2) is 0 Å². The number of halogens is 1. The van der Waals surface area contributed by atoms with Crippen LogP contribution in [-0.2, 0) is 0 Å². The Morgan fingerprint density at radius 3 is 2.93 bits per heavy atom. The van der Waals surface area contributed by atoms with Crippen molar-refractivity contribution in [1.82, 2.24) is 4.98 Å². The Hall–Kier alpha value is -0.680. The Morgan fingerprint density at radius 2 is 2.00 bits per heavy atom. The third-order valence-electron chi connectivity index (χ3n) is 2.21. The number of rotatable bonds is 0. The van der Waals surface area contributed by atoms with Gasteiger partial charge in [0.25, 0.3) is 0 Å². The molecule has 0 aliphatic carbocycles. The van der Waals surface area contributed by atoms with Crippen LogP contribution >= 0.6 is 33.9 Å². The fraction of sp³-hybridized carbons (Fsp3) is 0. The van der Waals surface area contributed by atoms with Gasteiger partial charge in [0, 0.05) is 19.9 Å². The Morgan fingerprint density at radius 1 is 1.14 bits per heavy atom. The predicted octanol–water partition coefficient (Wildman–Crippen LogP) is 4.05. The smallest absolute Gasteiger partial charge is 0.0899 e. The number of fused-ring (bicyclic) bond motifs is 3. The zero-order chi connectivity index (χ0) is 9.54. The predicted molar refractivity (Wildman–Crippen MR) is 69.8 cm³/mol. The molecule has 3 heteroatoms. The maximum absolute atomic E-state index is 4.44. The lowest BCUT2D eigenvalue weighted by Crippen LogP contribution is -1.75. The van der Waals surface area contributed by atoms with Crippen molar-refractivity contribution in [2.45, 2.75) is 0 Å². The van der Waals surface area contributed by atoms with E-state index in [0.717, 1.165) is 5.52 Å². The molecule has 68 valence electrons. The molecule has 0 saturated carbocycles. The topological polar surface area (TPSA) is 12.9 Å². The summed E-state index contributed by atoms with van der Waals surface area (Å²) in [4.78, 5) is 4.44. The van der Waals surface area contributed by atoms with Gasteiger partial charge < -0.3 is 0 Å². The number of pyridine rings is 1. The molecule has 3 rings (SSSR count). The molecule has 14 heavy (non-hydrogen) atoms. The first-order valence-corrected chi connectivity index (χ1v) is 6.17. The van der Waals surface area contributed by atoms with E-state index in [0.29, 0.717) is 0 Å². The monoisotopic (exact) mass is 311 g/mol. The maximum atomic E-state index is 4.44. The lowest BCUT2D eigenvalue weighted by atomic mass is 10.2. The number of nitrogens with zero attached hydrogens (tertiary/aromatic N) is 1. The van der Waals surface area contributed by atoms with Crippen molar-refractivity contribution < 1.29 is 0 Å². The normalized spacial score (nSPS) is 11.2. The number of hydrogen-bond donors (Lipinski definition) is 0. The summed E-state index contributed by atoms with van der Waals surface area (Å²) in [5, 5.41) is 1.27. The van der Waals surface area contributed by atoms with Crippen LogP contribution in [0, 0.1) is 3.57 Å². The van der Waals surface area contributed by atoms with E-state index in [9.17, 15) is 0 Å². The van der Waals surface area contributed by atoms with Crippen LogP contribution in [0.3, 0.4) is 0 Å². The summed E-state index contributed by atoms with van der Waals surface area (Å²) in [6, 6.07) is 10.5. The van der Waals surface area contributed by atoms with E-state index in [4.69, 9.17) is 0 Å². The van der Waals surface area contributed by atoms with Crippen molar-refractivity contribution in [1.29, 1.82) is 0 Å². The summed E-state index contributed by atoms with van der Waals surface area (Å²) in [5.41, 5.74) is 1.14. The largest absolute Gasteiger partial charge is 0.255 e. The molecule has 1 nitrogen and oxygen atoms in total. The summed E-state index contributed by atoms with van der Waals surface area (Å²) in [7, 11) is 0. The van der Waals surface area contributed by atoms with E-state index in [2.05, 4.69) is 57.9 Å². The number of aromatic nitrogens is 1. The van der Waals surface area contributed by atoms with Crippen molar-refractivity contribution in [3.05, 3.63) is 40.1 Å². The van der Waals surface area contributed by atoms with Crippen LogP contribution in [0.1, 0.15) is 0 Å². The minimum Gasteiger partial charge on any atom is -0.255 e. The standard InChI is InChI=1S/C11H6INS/c12-8-5-6-13-10-7-3-1-2-4-9(7)14-11(8)10/h1-6H. The summed E-state index contributed by atoms with van der Waals surface area (Å²) in [6.45, 7) is 0. The van der Waals surface area contributed by atoms with Crippen LogP contribution in [0.15, 0.2) is 36.5 Å². The summed E-state index contributed by atoms with van der Waals surface area (Å²) in [5.74, 6) is 0. The molecule has 0 spiro atoms. The minimum absolute atomic E-state index is 1.14. The second kappa shape index (κ2) is 3.17. The quantitative estimate of drug-likeness (QED) is 0.571. The van der Waals surface area contributed by atoms with Crippen molar-refractivity contribution in [3.8, 4) is 0 Å². The van der Waals surface area contributed by atoms with E-state index in [-0.39, 0.29) is 0 Å². The van der Waals surface area contributed by atoms with E-state index >= 15 is 0 Å². The molecule has 0 aliphatic heterocycles. The zero-order valence-electron chi connectivity index (χ0n) is 7.20. The fourth-order valence-corrected chi connectivity index (χ4v) is 3.39. The number of thiophene rings is 1. The first-order chi connectivity index (χ1) is 6.86. The summed E-state index contributed by atoms with van der Waals surface area (Å²) < 4.78 is 3.90. The van der Waals surface area contributed by atoms with Crippen LogP contribution in [0.25, 0.3) is 20.3 Å². The van der Waals surface area contributed by atoms with Gasteiger partial charge in [0.15, 0.2) is 0 Å². The van der Waals surface area contributed by atoms with Crippen molar-refractivity contribution >= 4 is 54.2 Å². The Bertz CT molecular complexity index is 615. The van der Waals surface area contributed by atoms with Crippen LogP contribution in [0.4, 0.5) is 0 Å². The molecule has 0 atom stereocenters. The summed E-state index contributed by atoms with van der Waals surface area (Å²) in [6.07, 6.45) is 1.88. The van der Waals surface area contributed by atoms with Gasteiger partial charge in [-0.1, -0.05) is 18.2 Å². The molecule has 0 unspecified atom stereocenters. The molecule has 0 aliphatic rings. The van der Waals surface area contributed by atoms with Crippen molar-refractivity contribution in [3.63, 3.8) is 0 Å². The van der Waals surface area contributed by atoms with Gasteiger partial charge in [-0.15, -0.1) is 11.3 Å². The summed E-state index contributed by atoms with van der Waals surface area (Å²) >= 11 is 4.18. The van der Waals surface area contributed by atoms with Gasteiger partial charge in [0.05, 0.1) is 10.2 Å². The van der Waals surface area contributed by atoms with E-state index < -0.39 is 0 Å². The minimum atomic E-state index is 1.14. The number of hydrogen-bond acceptors (Lipinski definition) is 2. The second-order valence-electron chi connectivity index (χ2n) is 3.07. The lowest BCUT2D eigenvalue weighted by Gasteiger charge is -1.91. The molecule has 0 fully saturated rings. The second-order valence-corrected chi connectivity index (χ2v) is 5.28. The van der Waals surface area contributed by atoms with Gasteiger partial charge in [-0.2, -0.15) is 0 Å². The molecular formula is C11H6INS. The van der Waals surface area contributed by atoms with Crippen molar-refractivity contribution in [2.24, 2.45) is 0 Å². The van der Waals surface area contributed by atoms with Gasteiger partial charge in [-0.05, 0) is 34.7 Å². The highest BCUT2D eigenvalue weighted by Crippen LogP contribution is 2.34. The highest BCUT2D eigenvalue weighted by atomic mass is 127. The van der Waals surface area contributed by atoms with E-state index in [1.54, 1.807) is 0 Å². The molecular weight excluding hydrogens is 305 g/mol. The van der Waals surface area contributed by atoms with Crippen LogP contribution in [0.2, 0.25) is 0 Å². The van der Waals surface area contributed by atoms with E-state index in [1.165, 1.54) is 18.4 Å². The molecule has 1 aromatic carbocycles. The highest BCUT2D eigenvalue weighted by molar-refractivity contribution is 14.1. The first kappa shape index (κ1) is 8.61. The van der Waals surface area contributed by atoms with Crippen LogP contribution in [-0.4, -0.2) is 4.98 Å². The first-order valence-electron chi connectivity index (χ1n) is 4.28. The Labute approximate surface area is 98.9 Å². The van der Waals surface area contributed by atoms with Crippen molar-refractivity contribution in [2.75, 3.05) is 0 Å². The average Bonchev–Trinajstić information content (AvgIpc) is 2.59. The zero-order valence-corrected chi connectivity index (χ0v) is 10.2. The molecule has 3 aromatic rings.